The zero-order valence-electron chi connectivity index (χ0n) is 24.2. The van der Waals surface area contributed by atoms with E-state index in [1.165, 1.54) is 16.9 Å². The van der Waals surface area contributed by atoms with Gasteiger partial charge in [0.05, 0.1) is 11.9 Å². The monoisotopic (exact) mass is 565 g/mol. The Balaban J connectivity index is 1.25. The number of amides is 1. The fourth-order valence-electron chi connectivity index (χ4n) is 5.48. The molecule has 0 fully saturated rings. The highest BCUT2D eigenvalue weighted by molar-refractivity contribution is 7.21. The summed E-state index contributed by atoms with van der Waals surface area (Å²) in [6.07, 6.45) is 5.38. The highest BCUT2D eigenvalue weighted by atomic mass is 32.1. The lowest BCUT2D eigenvalue weighted by Gasteiger charge is -2.31. The molecule has 0 saturated heterocycles. The molecule has 0 unspecified atom stereocenters. The summed E-state index contributed by atoms with van der Waals surface area (Å²) in [5, 5.41) is 8.25. The Morgan fingerprint density at radius 2 is 1.93 bits per heavy atom. The average molecular weight is 566 g/mol. The van der Waals surface area contributed by atoms with Gasteiger partial charge in [-0.25, -0.2) is 15.0 Å². The van der Waals surface area contributed by atoms with Gasteiger partial charge in [-0.15, -0.1) is 0 Å². The van der Waals surface area contributed by atoms with Crippen molar-refractivity contribution in [1.82, 2.24) is 24.7 Å². The van der Waals surface area contributed by atoms with Crippen molar-refractivity contribution in [3.8, 4) is 11.1 Å². The van der Waals surface area contributed by atoms with Gasteiger partial charge in [0, 0.05) is 48.2 Å². The number of pyridine rings is 2. The molecule has 9 heteroatoms. The maximum absolute atomic E-state index is 13.4. The molecule has 0 radical (unpaired) electrons. The van der Waals surface area contributed by atoms with Crippen LogP contribution in [0.5, 0.6) is 0 Å². The molecule has 0 aliphatic carbocycles. The summed E-state index contributed by atoms with van der Waals surface area (Å²) in [7, 11) is 0. The second kappa shape index (κ2) is 10.7. The van der Waals surface area contributed by atoms with E-state index in [1.807, 2.05) is 30.5 Å². The van der Waals surface area contributed by atoms with Crippen LogP contribution >= 0.6 is 11.3 Å². The summed E-state index contributed by atoms with van der Waals surface area (Å²) >= 11 is 1.38. The van der Waals surface area contributed by atoms with Crippen LogP contribution in [-0.2, 0) is 25.9 Å². The maximum atomic E-state index is 13.4. The van der Waals surface area contributed by atoms with Crippen LogP contribution in [0.2, 0.25) is 0 Å². The number of aryl methyl sites for hydroxylation is 1. The van der Waals surface area contributed by atoms with Gasteiger partial charge in [-0.05, 0) is 66.6 Å². The van der Waals surface area contributed by atoms with Crippen molar-refractivity contribution in [2.75, 3.05) is 16.8 Å². The molecule has 0 atom stereocenters. The zero-order chi connectivity index (χ0) is 28.7. The first kappa shape index (κ1) is 27.1. The predicted molar refractivity (Wildman–Crippen MR) is 166 cm³/mol. The van der Waals surface area contributed by atoms with Crippen LogP contribution < -0.4 is 10.2 Å². The first-order valence-corrected chi connectivity index (χ1v) is 14.9. The zero-order valence-corrected chi connectivity index (χ0v) is 25.0. The van der Waals surface area contributed by atoms with Crippen molar-refractivity contribution >= 4 is 38.5 Å². The Hall–Kier alpha value is -4.11. The number of nitrogens with one attached hydrogen (secondary N) is 1. The second-order valence-electron chi connectivity index (χ2n) is 11.8. The summed E-state index contributed by atoms with van der Waals surface area (Å²) in [5.41, 5.74) is 8.34. The molecule has 1 aliphatic rings. The number of rotatable bonds is 6. The molecule has 1 N–H and O–H groups in total. The van der Waals surface area contributed by atoms with E-state index in [9.17, 15) is 4.79 Å². The molecule has 0 bridgehead atoms. The van der Waals surface area contributed by atoms with Gasteiger partial charge >= 0.3 is 0 Å². The van der Waals surface area contributed by atoms with E-state index in [0.717, 1.165) is 70.2 Å². The second-order valence-corrected chi connectivity index (χ2v) is 12.8. The lowest BCUT2D eigenvalue weighted by Crippen LogP contribution is -2.33. The van der Waals surface area contributed by atoms with Gasteiger partial charge in [-0.1, -0.05) is 51.2 Å². The van der Waals surface area contributed by atoms with E-state index in [1.54, 1.807) is 6.20 Å². The summed E-state index contributed by atoms with van der Waals surface area (Å²) < 4.78 is 2.10. The number of carbonyl (C=O) groups excluding carboxylic acids is 1. The Morgan fingerprint density at radius 3 is 2.71 bits per heavy atom. The fourth-order valence-corrected chi connectivity index (χ4v) is 6.28. The molecule has 41 heavy (non-hydrogen) atoms. The van der Waals surface area contributed by atoms with Gasteiger partial charge in [0.15, 0.2) is 5.13 Å². The van der Waals surface area contributed by atoms with Gasteiger partial charge in [0.1, 0.15) is 16.2 Å². The van der Waals surface area contributed by atoms with Crippen molar-refractivity contribution in [3.63, 3.8) is 0 Å². The molecule has 6 rings (SSSR count). The van der Waals surface area contributed by atoms with Crippen LogP contribution in [0.1, 0.15) is 60.6 Å². The number of thiazole rings is 1. The van der Waals surface area contributed by atoms with Gasteiger partial charge in [-0.3, -0.25) is 14.8 Å². The van der Waals surface area contributed by atoms with E-state index in [4.69, 9.17) is 10.1 Å². The minimum atomic E-state index is -0.150. The quantitative estimate of drug-likeness (QED) is 0.247. The number of nitrogens with zero attached hydrogens (tertiary/aromatic N) is 6. The topological polar surface area (TPSA) is 88.8 Å². The predicted octanol–water partition coefficient (Wildman–Crippen LogP) is 6.68. The summed E-state index contributed by atoms with van der Waals surface area (Å²) in [4.78, 5) is 30.5. The molecule has 1 aromatic carbocycles. The normalized spacial score (nSPS) is 13.4. The molecule has 8 nitrogen and oxygen atoms in total. The molecule has 0 spiro atoms. The number of benzene rings is 1. The lowest BCUT2D eigenvalue weighted by molar-refractivity contribution is 0.102. The molecular formula is C32H35N7OS. The van der Waals surface area contributed by atoms with Crippen molar-refractivity contribution in [2.45, 2.75) is 60.5 Å². The fraction of sp³-hybridized carbons (Fsp3) is 0.344. The number of aromatic nitrogens is 5. The first-order valence-electron chi connectivity index (χ1n) is 14.1. The Kier molecular flexibility index (Phi) is 7.07. The lowest BCUT2D eigenvalue weighted by atomic mass is 9.94. The van der Waals surface area contributed by atoms with Crippen molar-refractivity contribution < 1.29 is 4.79 Å². The van der Waals surface area contributed by atoms with Gasteiger partial charge in [0.2, 0.25) is 0 Å². The van der Waals surface area contributed by atoms with E-state index >= 15 is 0 Å². The molecule has 210 valence electrons. The highest BCUT2D eigenvalue weighted by Crippen LogP contribution is 2.32. The summed E-state index contributed by atoms with van der Waals surface area (Å²) in [5.74, 6) is 0.784. The molecule has 0 saturated carbocycles. The standard InChI is InChI=1S/C32H35N7OS/c1-6-26-22(24-17-34-39(20(24)2)19-32(3,4)5)12-13-28(35-26)38-16-14-21-9-7-10-23(25(21)18-38)29(40)37-31-36-27-11-8-15-33-30(27)41-31/h7-13,15,17H,6,14,16,18-19H2,1-5H3,(H,36,37,40). The van der Waals surface area contributed by atoms with Gasteiger partial charge < -0.3 is 4.90 Å². The Labute approximate surface area is 244 Å². The van der Waals surface area contributed by atoms with Crippen LogP contribution in [0.4, 0.5) is 10.9 Å². The van der Waals surface area contributed by atoms with Gasteiger partial charge in [-0.2, -0.15) is 5.10 Å². The van der Waals surface area contributed by atoms with Crippen LogP contribution in [-0.4, -0.2) is 37.2 Å². The number of anilines is 2. The van der Waals surface area contributed by atoms with Crippen molar-refractivity contribution in [1.29, 1.82) is 0 Å². The highest BCUT2D eigenvalue weighted by Gasteiger charge is 2.25. The Bertz CT molecular complexity index is 1710. The van der Waals surface area contributed by atoms with Crippen LogP contribution in [0, 0.1) is 12.3 Å². The van der Waals surface area contributed by atoms with Crippen molar-refractivity contribution in [3.05, 3.63) is 82.9 Å². The summed E-state index contributed by atoms with van der Waals surface area (Å²) in [6, 6.07) is 14.0. The molecule has 4 aromatic heterocycles. The molecular weight excluding hydrogens is 530 g/mol. The van der Waals surface area contributed by atoms with Crippen molar-refractivity contribution in [2.24, 2.45) is 5.41 Å². The Morgan fingerprint density at radius 1 is 1.07 bits per heavy atom. The molecule has 1 amide bonds. The minimum absolute atomic E-state index is 0.148. The number of hydrogen-bond donors (Lipinski definition) is 1. The van der Waals surface area contributed by atoms with Gasteiger partial charge in [0.25, 0.3) is 5.91 Å². The number of carbonyl (C=O) groups is 1. The number of fused-ring (bicyclic) bond motifs is 2. The number of hydrogen-bond acceptors (Lipinski definition) is 7. The minimum Gasteiger partial charge on any atom is -0.352 e. The van der Waals surface area contributed by atoms with Crippen LogP contribution in [0.15, 0.2) is 54.9 Å². The molecule has 1 aliphatic heterocycles. The SMILES string of the molecule is CCc1nc(N2CCc3cccc(C(=O)Nc4nc5cccnc5s4)c3C2)ccc1-c1cnn(CC(C)(C)C)c1C. The maximum Gasteiger partial charge on any atom is 0.257 e. The largest absolute Gasteiger partial charge is 0.352 e. The van der Waals surface area contributed by atoms with E-state index in [0.29, 0.717) is 17.2 Å². The third-order valence-corrected chi connectivity index (χ3v) is 8.43. The molecule has 5 aromatic rings. The van der Waals surface area contributed by atoms with E-state index < -0.39 is 0 Å². The van der Waals surface area contributed by atoms with E-state index in [2.05, 4.69) is 77.7 Å². The average Bonchev–Trinajstić information content (AvgIpc) is 3.53. The molecule has 5 heterocycles. The van der Waals surface area contributed by atoms with Crippen LogP contribution in [0.25, 0.3) is 21.5 Å². The third kappa shape index (κ3) is 5.46. The third-order valence-electron chi connectivity index (χ3n) is 7.54. The smallest absolute Gasteiger partial charge is 0.257 e. The first-order chi connectivity index (χ1) is 19.7. The van der Waals surface area contributed by atoms with Crippen LogP contribution in [0.3, 0.4) is 0 Å². The van der Waals surface area contributed by atoms with E-state index in [-0.39, 0.29) is 11.3 Å². The summed E-state index contributed by atoms with van der Waals surface area (Å²) in [6.45, 7) is 13.3.